The van der Waals surface area contributed by atoms with E-state index in [0.717, 1.165) is 42.5 Å². The first-order valence-electron chi connectivity index (χ1n) is 8.97. The van der Waals surface area contributed by atoms with Crippen LogP contribution in [0.2, 0.25) is 0 Å². The minimum Gasteiger partial charge on any atom is -0.508 e. The minimum absolute atomic E-state index is 0.0492. The molecule has 10 heteroatoms. The van der Waals surface area contributed by atoms with Gasteiger partial charge in [0.2, 0.25) is 0 Å². The van der Waals surface area contributed by atoms with E-state index in [2.05, 4.69) is 11.8 Å². The van der Waals surface area contributed by atoms with Gasteiger partial charge in [0, 0.05) is 11.1 Å². The summed E-state index contributed by atoms with van der Waals surface area (Å²) in [5.74, 6) is -1.24. The van der Waals surface area contributed by atoms with Gasteiger partial charge in [0.05, 0.1) is 11.1 Å². The molecular weight excluding hydrogens is 449 g/mol. The van der Waals surface area contributed by atoms with Gasteiger partial charge in [-0.25, -0.2) is 13.6 Å². The maximum Gasteiger partial charge on any atom is 0.417 e. The number of aromatic carboxylic acids is 1. The largest absolute Gasteiger partial charge is 0.508 e. The van der Waals surface area contributed by atoms with Crippen molar-refractivity contribution in [1.29, 1.82) is 0 Å². The highest BCUT2D eigenvalue weighted by molar-refractivity contribution is 5.94. The molecule has 3 rings (SSSR count). The van der Waals surface area contributed by atoms with E-state index in [9.17, 15) is 41.8 Å². The molecule has 3 aromatic rings. The van der Waals surface area contributed by atoms with E-state index in [1.165, 1.54) is 0 Å². The molecule has 0 atom stereocenters. The Hall–Kier alpha value is -4.39. The first kappa shape index (κ1) is 23.3. The highest BCUT2D eigenvalue weighted by Crippen LogP contribution is 2.34. The minimum atomic E-state index is -4.82. The number of carboxylic acids is 1. The smallest absolute Gasteiger partial charge is 0.417 e. The van der Waals surface area contributed by atoms with Gasteiger partial charge >= 0.3 is 12.1 Å². The SMILES string of the molecule is NC(=O)c1c(F)cc(-c2cc(C(=O)O)ccc2C#Cc2ccc(O)cc2C(F)(F)F)cc1F. The molecule has 0 saturated heterocycles. The van der Waals surface area contributed by atoms with E-state index in [0.29, 0.717) is 6.07 Å². The van der Waals surface area contributed by atoms with Gasteiger partial charge in [0.15, 0.2) is 0 Å². The fraction of sp³-hybridized carbons (Fsp3) is 0.0435. The van der Waals surface area contributed by atoms with Crippen molar-refractivity contribution in [3.63, 3.8) is 0 Å². The van der Waals surface area contributed by atoms with Crippen molar-refractivity contribution in [2.75, 3.05) is 0 Å². The lowest BCUT2D eigenvalue weighted by Crippen LogP contribution is -2.15. The van der Waals surface area contributed by atoms with E-state index < -0.39 is 52.1 Å². The summed E-state index contributed by atoms with van der Waals surface area (Å²) < 4.78 is 68.3. The fourth-order valence-electron chi connectivity index (χ4n) is 3.00. The molecule has 0 unspecified atom stereocenters. The maximum atomic E-state index is 14.3. The number of phenolic OH excluding ortho intramolecular Hbond substituents is 1. The first-order valence-corrected chi connectivity index (χ1v) is 8.97. The molecule has 0 heterocycles. The molecule has 0 fully saturated rings. The number of carbonyl (C=O) groups excluding carboxylic acids is 1. The number of benzene rings is 3. The Morgan fingerprint density at radius 2 is 1.45 bits per heavy atom. The zero-order valence-electron chi connectivity index (χ0n) is 16.3. The van der Waals surface area contributed by atoms with Crippen molar-refractivity contribution < 1.29 is 41.8 Å². The molecule has 0 saturated carbocycles. The maximum absolute atomic E-state index is 14.3. The van der Waals surface area contributed by atoms with Gasteiger partial charge in [-0.2, -0.15) is 13.2 Å². The number of rotatable bonds is 3. The van der Waals surface area contributed by atoms with Crippen molar-refractivity contribution in [1.82, 2.24) is 0 Å². The quantitative estimate of drug-likeness (QED) is 0.394. The van der Waals surface area contributed by atoms with Crippen molar-refractivity contribution in [2.45, 2.75) is 6.18 Å². The summed E-state index contributed by atoms with van der Waals surface area (Å²) in [7, 11) is 0. The summed E-state index contributed by atoms with van der Waals surface area (Å²) in [5, 5.41) is 18.6. The van der Waals surface area contributed by atoms with Crippen LogP contribution >= 0.6 is 0 Å². The number of hydrogen-bond donors (Lipinski definition) is 3. The van der Waals surface area contributed by atoms with Gasteiger partial charge in [-0.3, -0.25) is 4.79 Å². The van der Waals surface area contributed by atoms with Gasteiger partial charge in [-0.1, -0.05) is 11.8 Å². The highest BCUT2D eigenvalue weighted by atomic mass is 19.4. The first-order chi connectivity index (χ1) is 15.4. The molecule has 168 valence electrons. The number of primary amides is 1. The molecule has 3 aromatic carbocycles. The molecule has 0 aliphatic carbocycles. The third kappa shape index (κ3) is 4.93. The average molecular weight is 461 g/mol. The number of alkyl halides is 3. The van der Waals surface area contributed by atoms with E-state index in [1.54, 1.807) is 0 Å². The van der Waals surface area contributed by atoms with E-state index >= 15 is 0 Å². The van der Waals surface area contributed by atoms with E-state index in [4.69, 9.17) is 5.73 Å². The highest BCUT2D eigenvalue weighted by Gasteiger charge is 2.33. The molecular formula is C23H12F5NO4. The summed E-state index contributed by atoms with van der Waals surface area (Å²) >= 11 is 0. The van der Waals surface area contributed by atoms with Crippen LogP contribution in [-0.2, 0) is 6.18 Å². The predicted octanol–water partition coefficient (Wildman–Crippen LogP) is 4.55. The number of phenols is 1. The summed E-state index contributed by atoms with van der Waals surface area (Å²) in [6.45, 7) is 0. The number of halogens is 5. The van der Waals surface area contributed by atoms with Crippen LogP contribution in [-0.4, -0.2) is 22.1 Å². The number of nitrogens with two attached hydrogens (primary N) is 1. The van der Waals surface area contributed by atoms with E-state index in [1.807, 2.05) is 0 Å². The van der Waals surface area contributed by atoms with Crippen LogP contribution < -0.4 is 5.73 Å². The molecule has 4 N–H and O–H groups in total. The number of aromatic hydroxyl groups is 1. The zero-order valence-corrected chi connectivity index (χ0v) is 16.3. The second kappa shape index (κ2) is 8.63. The predicted molar refractivity (Wildman–Crippen MR) is 106 cm³/mol. The Bertz CT molecular complexity index is 1330. The Labute approximate surface area is 182 Å². The summed E-state index contributed by atoms with van der Waals surface area (Å²) in [5.41, 5.74) is 1.59. The van der Waals surface area contributed by atoms with Gasteiger partial charge in [0.1, 0.15) is 22.9 Å². The Morgan fingerprint density at radius 3 is 2.00 bits per heavy atom. The summed E-state index contributed by atoms with van der Waals surface area (Å²) in [6, 6.07) is 7.21. The molecule has 0 aliphatic rings. The standard InChI is InChI=1S/C23H12F5NO4/c24-18-8-14(9-19(25)20(18)21(29)31)16-7-13(22(32)33)4-2-11(16)1-3-12-5-6-15(30)10-17(12)23(26,27)28/h2,4-10,30H,(H2,29,31)(H,32,33). The van der Waals surface area contributed by atoms with Gasteiger partial charge < -0.3 is 15.9 Å². The van der Waals surface area contributed by atoms with Crippen LogP contribution in [0.25, 0.3) is 11.1 Å². The second-order valence-corrected chi connectivity index (χ2v) is 6.72. The Kier molecular flexibility index (Phi) is 6.08. The van der Waals surface area contributed by atoms with Gasteiger partial charge in [-0.15, -0.1) is 0 Å². The van der Waals surface area contributed by atoms with Crippen molar-refractivity contribution >= 4 is 11.9 Å². The molecule has 0 bridgehead atoms. The topological polar surface area (TPSA) is 101 Å². The lowest BCUT2D eigenvalue weighted by atomic mass is 9.95. The summed E-state index contributed by atoms with van der Waals surface area (Å²) in [6.07, 6.45) is -4.82. The third-order valence-electron chi connectivity index (χ3n) is 4.51. The molecule has 0 spiro atoms. The molecule has 0 radical (unpaired) electrons. The van der Waals surface area contributed by atoms with Crippen LogP contribution in [0.5, 0.6) is 5.75 Å². The second-order valence-electron chi connectivity index (χ2n) is 6.72. The Morgan fingerprint density at radius 1 is 0.879 bits per heavy atom. The Balaban J connectivity index is 2.22. The van der Waals surface area contributed by atoms with Gasteiger partial charge in [0.25, 0.3) is 5.91 Å². The molecule has 5 nitrogen and oxygen atoms in total. The summed E-state index contributed by atoms with van der Waals surface area (Å²) in [4.78, 5) is 22.6. The van der Waals surface area contributed by atoms with Crippen LogP contribution in [0.15, 0.2) is 48.5 Å². The number of carbonyl (C=O) groups is 2. The number of amides is 1. The van der Waals surface area contributed by atoms with Crippen molar-refractivity contribution in [2.24, 2.45) is 5.73 Å². The van der Waals surface area contributed by atoms with Crippen LogP contribution in [0.3, 0.4) is 0 Å². The molecule has 1 amide bonds. The lowest BCUT2D eigenvalue weighted by Gasteiger charge is -2.10. The zero-order chi connectivity index (χ0) is 24.5. The van der Waals surface area contributed by atoms with E-state index in [-0.39, 0.29) is 22.3 Å². The number of carboxylic acid groups (broad SMARTS) is 1. The van der Waals surface area contributed by atoms with Gasteiger partial charge in [-0.05, 0) is 59.7 Å². The lowest BCUT2D eigenvalue weighted by molar-refractivity contribution is -0.137. The normalized spacial score (nSPS) is 10.9. The fourth-order valence-corrected chi connectivity index (χ4v) is 3.00. The molecule has 0 aromatic heterocycles. The van der Waals surface area contributed by atoms with Crippen LogP contribution in [0.4, 0.5) is 22.0 Å². The van der Waals surface area contributed by atoms with Crippen molar-refractivity contribution in [3.8, 4) is 28.7 Å². The average Bonchev–Trinajstić information content (AvgIpc) is 2.71. The van der Waals surface area contributed by atoms with Crippen molar-refractivity contribution in [3.05, 3.63) is 88.0 Å². The molecule has 33 heavy (non-hydrogen) atoms. The number of hydrogen-bond acceptors (Lipinski definition) is 3. The van der Waals surface area contributed by atoms with Crippen LogP contribution in [0, 0.1) is 23.5 Å². The molecule has 0 aliphatic heterocycles. The monoisotopic (exact) mass is 461 g/mol. The van der Waals surface area contributed by atoms with Crippen LogP contribution in [0.1, 0.15) is 37.4 Å². The third-order valence-corrected chi connectivity index (χ3v) is 4.51.